The molecule has 0 aliphatic carbocycles. The first-order valence-corrected chi connectivity index (χ1v) is 15.5. The van der Waals surface area contributed by atoms with Gasteiger partial charge >= 0.3 is 6.03 Å². The number of hydrogen-bond donors (Lipinski definition) is 5. The lowest BCUT2D eigenvalue weighted by Crippen LogP contribution is -2.57. The second-order valence-electron chi connectivity index (χ2n) is 10.7. The van der Waals surface area contributed by atoms with Crippen LogP contribution < -0.4 is 27.4 Å². The summed E-state index contributed by atoms with van der Waals surface area (Å²) in [7, 11) is -3.83. The minimum absolute atomic E-state index is 0.0760. The van der Waals surface area contributed by atoms with Gasteiger partial charge in [0.15, 0.2) is 28.4 Å². The number of benzene rings is 2. The Balaban J connectivity index is 1.09. The molecule has 7 N–H and O–H groups in total. The number of carbonyl (C=O) groups excluding carboxylic acids is 2. The Morgan fingerprint density at radius 1 is 1.00 bits per heavy atom. The van der Waals surface area contributed by atoms with Gasteiger partial charge in [-0.2, -0.15) is 0 Å². The van der Waals surface area contributed by atoms with Gasteiger partial charge in [0, 0.05) is 24.7 Å². The number of aryl methyl sites for hydroxylation is 1. The average Bonchev–Trinajstić information content (AvgIpc) is 3.61. The quantitative estimate of drug-likeness (QED) is 0.223. The first-order chi connectivity index (χ1) is 21.0. The molecule has 2 aliphatic heterocycles. The molecule has 3 amide bonds. The zero-order valence-electron chi connectivity index (χ0n) is 23.5. The van der Waals surface area contributed by atoms with Crippen molar-refractivity contribution >= 4 is 67.7 Å². The molecule has 0 radical (unpaired) electrons. The van der Waals surface area contributed by atoms with Gasteiger partial charge in [-0.1, -0.05) is 35.4 Å². The highest BCUT2D eigenvalue weighted by Gasteiger charge is 2.40. The molecule has 4 aromatic rings. The van der Waals surface area contributed by atoms with Gasteiger partial charge in [0.25, 0.3) is 15.9 Å². The van der Waals surface area contributed by atoms with Gasteiger partial charge < -0.3 is 27.0 Å². The Morgan fingerprint density at radius 3 is 2.45 bits per heavy atom. The lowest BCUT2D eigenvalue weighted by atomic mass is 9.88. The molecule has 1 fully saturated rings. The van der Waals surface area contributed by atoms with Crippen molar-refractivity contribution in [2.45, 2.75) is 30.2 Å². The van der Waals surface area contributed by atoms with E-state index in [9.17, 15) is 18.0 Å². The second kappa shape index (κ2) is 11.0. The first-order valence-electron chi connectivity index (χ1n) is 13.7. The van der Waals surface area contributed by atoms with Crippen molar-refractivity contribution in [3.8, 4) is 0 Å². The molecule has 14 nitrogen and oxygen atoms in total. The van der Waals surface area contributed by atoms with E-state index in [1.807, 2.05) is 6.92 Å². The summed E-state index contributed by atoms with van der Waals surface area (Å²) in [6.45, 7) is 3.16. The number of aromatic nitrogens is 3. The number of guanidine groups is 1. The summed E-state index contributed by atoms with van der Waals surface area (Å²) in [5, 5.41) is 9.33. The van der Waals surface area contributed by atoms with Gasteiger partial charge in [-0.25, -0.2) is 27.2 Å². The predicted molar refractivity (Wildman–Crippen MR) is 167 cm³/mol. The summed E-state index contributed by atoms with van der Waals surface area (Å²) in [5.74, 6) is -0.601. The number of amides is 3. The molecule has 6 rings (SSSR count). The van der Waals surface area contributed by atoms with Crippen molar-refractivity contribution in [2.75, 3.05) is 36.4 Å². The van der Waals surface area contributed by atoms with Crippen LogP contribution in [0.25, 0.3) is 10.9 Å². The number of rotatable bonds is 4. The number of aliphatic imine (C=N–C) groups is 1. The zero-order valence-corrected chi connectivity index (χ0v) is 25.1. The SMILES string of the molecule is Cc1ccc(S(=O)(=O)n2ccc3c(NC(=O)N4CCC5(CC4)CN=C(NC(=O)c4nc(Cl)c(N)nc4N)N5)cccc32)cc1. The van der Waals surface area contributed by atoms with E-state index in [0.29, 0.717) is 49.1 Å². The average molecular weight is 637 g/mol. The highest BCUT2D eigenvalue weighted by Crippen LogP contribution is 2.30. The van der Waals surface area contributed by atoms with Crippen LogP contribution in [0, 0.1) is 6.92 Å². The Hall–Kier alpha value is -4.89. The molecule has 44 heavy (non-hydrogen) atoms. The number of piperidine rings is 1. The van der Waals surface area contributed by atoms with E-state index < -0.39 is 21.5 Å². The zero-order chi connectivity index (χ0) is 31.2. The lowest BCUT2D eigenvalue weighted by molar-refractivity contribution is 0.0971. The van der Waals surface area contributed by atoms with Crippen LogP contribution in [0.1, 0.15) is 28.9 Å². The molecule has 0 saturated carbocycles. The summed E-state index contributed by atoms with van der Waals surface area (Å²) in [6, 6.07) is 13.2. The maximum absolute atomic E-state index is 13.3. The monoisotopic (exact) mass is 636 g/mol. The Bertz CT molecular complexity index is 1930. The fraction of sp³-hybridized carbons (Fsp3) is 0.250. The van der Waals surface area contributed by atoms with Crippen molar-refractivity contribution in [3.63, 3.8) is 0 Å². The Morgan fingerprint density at radius 2 is 1.73 bits per heavy atom. The predicted octanol–water partition coefficient (Wildman–Crippen LogP) is 2.55. The normalized spacial score (nSPS) is 16.0. The van der Waals surface area contributed by atoms with Crippen molar-refractivity contribution in [3.05, 3.63) is 71.1 Å². The third kappa shape index (κ3) is 5.35. The maximum atomic E-state index is 13.3. The summed E-state index contributed by atoms with van der Waals surface area (Å²) in [4.78, 5) is 40.0. The number of halogens is 1. The molecule has 2 aliphatic rings. The largest absolute Gasteiger partial charge is 0.382 e. The van der Waals surface area contributed by atoms with Crippen molar-refractivity contribution < 1.29 is 18.0 Å². The maximum Gasteiger partial charge on any atom is 0.321 e. The van der Waals surface area contributed by atoms with Crippen LogP contribution in [-0.4, -0.2) is 70.3 Å². The second-order valence-corrected chi connectivity index (χ2v) is 12.9. The minimum atomic E-state index is -3.83. The van der Waals surface area contributed by atoms with Gasteiger partial charge in [0.1, 0.15) is 0 Å². The molecule has 4 heterocycles. The van der Waals surface area contributed by atoms with E-state index >= 15 is 0 Å². The van der Waals surface area contributed by atoms with E-state index in [1.165, 1.54) is 10.2 Å². The number of nitrogens with one attached hydrogen (secondary N) is 3. The molecule has 2 aromatic carbocycles. The van der Waals surface area contributed by atoms with E-state index in [-0.39, 0.29) is 39.4 Å². The van der Waals surface area contributed by atoms with E-state index in [0.717, 1.165) is 5.56 Å². The van der Waals surface area contributed by atoms with Crippen LogP contribution in [0.4, 0.5) is 22.1 Å². The minimum Gasteiger partial charge on any atom is -0.382 e. The number of likely N-dealkylation sites (tertiary alicyclic amines) is 1. The van der Waals surface area contributed by atoms with Crippen LogP contribution in [0.5, 0.6) is 0 Å². The van der Waals surface area contributed by atoms with Gasteiger partial charge in [-0.3, -0.25) is 15.1 Å². The van der Waals surface area contributed by atoms with E-state index in [2.05, 4.69) is 30.9 Å². The van der Waals surface area contributed by atoms with Crippen LogP contribution in [0.15, 0.2) is 64.6 Å². The standard InChI is InChI=1S/C28H29ClN10O4S/c1-16-5-7-17(8-6-16)44(42,43)39-12-9-18-19(3-2-4-20(18)39)33-27(41)38-13-10-28(11-14-38)15-32-26(37-28)36-25(40)21-23(30)35-24(31)22(29)34-21/h2-9,12H,10-11,13-15H2,1H3,(H,33,41)(H4,30,31,35)(H2,32,36,37,40). The molecule has 0 bridgehead atoms. The highest BCUT2D eigenvalue weighted by atomic mass is 35.5. The molecule has 228 valence electrons. The van der Waals surface area contributed by atoms with Gasteiger partial charge in [-0.05, 0) is 50.1 Å². The highest BCUT2D eigenvalue weighted by molar-refractivity contribution is 7.90. The number of fused-ring (bicyclic) bond motifs is 1. The number of urea groups is 1. The molecule has 1 spiro atoms. The van der Waals surface area contributed by atoms with E-state index in [4.69, 9.17) is 23.1 Å². The van der Waals surface area contributed by atoms with Gasteiger partial charge in [0.2, 0.25) is 0 Å². The number of carbonyl (C=O) groups is 2. The topological polar surface area (TPSA) is 203 Å². The summed E-state index contributed by atoms with van der Waals surface area (Å²) >= 11 is 5.89. The van der Waals surface area contributed by atoms with Crippen LogP contribution >= 0.6 is 11.6 Å². The molecule has 0 atom stereocenters. The molecule has 16 heteroatoms. The van der Waals surface area contributed by atoms with Crippen LogP contribution in [0.2, 0.25) is 5.15 Å². The number of anilines is 3. The molecule has 2 aromatic heterocycles. The van der Waals surface area contributed by atoms with Gasteiger partial charge in [0.05, 0.1) is 28.2 Å². The van der Waals surface area contributed by atoms with E-state index in [1.54, 1.807) is 53.4 Å². The fourth-order valence-corrected chi connectivity index (χ4v) is 6.78. The Labute approximate surface area is 257 Å². The summed E-state index contributed by atoms with van der Waals surface area (Å²) in [6.07, 6.45) is 2.65. The summed E-state index contributed by atoms with van der Waals surface area (Å²) in [5.41, 5.74) is 12.7. The number of nitrogen functional groups attached to an aromatic ring is 2. The van der Waals surface area contributed by atoms with Crippen molar-refractivity contribution in [1.82, 2.24) is 29.5 Å². The lowest BCUT2D eigenvalue weighted by Gasteiger charge is -2.39. The van der Waals surface area contributed by atoms with Crippen LogP contribution in [-0.2, 0) is 10.0 Å². The van der Waals surface area contributed by atoms with Gasteiger partial charge in [-0.15, -0.1) is 0 Å². The molecule has 1 saturated heterocycles. The first kappa shape index (κ1) is 29.2. The third-order valence-corrected chi connectivity index (χ3v) is 9.78. The smallest absolute Gasteiger partial charge is 0.321 e. The third-order valence-electron chi connectivity index (χ3n) is 7.80. The summed E-state index contributed by atoms with van der Waals surface area (Å²) < 4.78 is 27.9. The molecule has 0 unspecified atom stereocenters. The number of nitrogens with two attached hydrogens (primary N) is 2. The number of hydrogen-bond acceptors (Lipinski definition) is 10. The Kier molecular flexibility index (Phi) is 7.29. The number of nitrogens with zero attached hydrogens (tertiary/aromatic N) is 5. The van der Waals surface area contributed by atoms with Crippen LogP contribution in [0.3, 0.4) is 0 Å². The fourth-order valence-electron chi connectivity index (χ4n) is 5.31. The van der Waals surface area contributed by atoms with Crippen molar-refractivity contribution in [1.29, 1.82) is 0 Å². The van der Waals surface area contributed by atoms with Crippen molar-refractivity contribution in [2.24, 2.45) is 4.99 Å². The molecular formula is C28H29ClN10O4S. The molecular weight excluding hydrogens is 608 g/mol.